The number of pyridine rings is 1. The monoisotopic (exact) mass is 285 g/mol. The topological polar surface area (TPSA) is 68.0 Å². The van der Waals surface area contributed by atoms with Gasteiger partial charge in [-0.25, -0.2) is 4.98 Å². The minimum atomic E-state index is -0.224. The first kappa shape index (κ1) is 12.6. The Balaban J connectivity index is 1.78. The van der Waals surface area contributed by atoms with Crippen molar-refractivity contribution >= 4 is 22.4 Å². The van der Waals surface area contributed by atoms with Gasteiger partial charge in [0.15, 0.2) is 5.13 Å². The minimum absolute atomic E-state index is 0.224. The van der Waals surface area contributed by atoms with Crippen molar-refractivity contribution in [3.05, 3.63) is 53.4 Å². The fraction of sp³-hybridized carbons (Fsp3) is 0.0714. The van der Waals surface area contributed by atoms with Gasteiger partial charge < -0.3 is 4.42 Å². The first-order chi connectivity index (χ1) is 9.74. The van der Waals surface area contributed by atoms with Gasteiger partial charge in [0, 0.05) is 11.6 Å². The highest BCUT2D eigenvalue weighted by Gasteiger charge is 2.13. The van der Waals surface area contributed by atoms with Gasteiger partial charge in [-0.05, 0) is 25.1 Å². The number of thiazole rings is 1. The van der Waals surface area contributed by atoms with Crippen LogP contribution >= 0.6 is 11.3 Å². The highest BCUT2D eigenvalue weighted by atomic mass is 32.1. The summed E-state index contributed by atoms with van der Waals surface area (Å²) in [7, 11) is 0. The number of furan rings is 1. The van der Waals surface area contributed by atoms with E-state index in [2.05, 4.69) is 15.3 Å². The molecular weight excluding hydrogens is 274 g/mol. The molecule has 0 aliphatic rings. The SMILES string of the molecule is Cc1occc1C(=O)Nc1nc(-c2ccccn2)cs1. The summed E-state index contributed by atoms with van der Waals surface area (Å²) >= 11 is 1.36. The van der Waals surface area contributed by atoms with E-state index in [1.165, 1.54) is 17.6 Å². The molecule has 0 saturated carbocycles. The summed E-state index contributed by atoms with van der Waals surface area (Å²) in [5, 5.41) is 5.16. The minimum Gasteiger partial charge on any atom is -0.469 e. The van der Waals surface area contributed by atoms with E-state index in [4.69, 9.17) is 4.42 Å². The van der Waals surface area contributed by atoms with Crippen molar-refractivity contribution in [3.8, 4) is 11.4 Å². The second-order valence-corrected chi connectivity index (χ2v) is 4.96. The number of nitrogens with one attached hydrogen (secondary N) is 1. The van der Waals surface area contributed by atoms with Gasteiger partial charge in [0.2, 0.25) is 0 Å². The van der Waals surface area contributed by atoms with E-state index < -0.39 is 0 Å². The number of hydrogen-bond donors (Lipinski definition) is 1. The number of rotatable bonds is 3. The fourth-order valence-corrected chi connectivity index (χ4v) is 2.45. The van der Waals surface area contributed by atoms with Crippen LogP contribution in [0.4, 0.5) is 5.13 Å². The maximum Gasteiger partial charge on any atom is 0.260 e. The normalized spacial score (nSPS) is 10.4. The Hall–Kier alpha value is -2.47. The van der Waals surface area contributed by atoms with Crippen molar-refractivity contribution in [2.75, 3.05) is 5.32 Å². The van der Waals surface area contributed by atoms with Gasteiger partial charge in [-0.1, -0.05) is 6.07 Å². The van der Waals surface area contributed by atoms with Crippen LogP contribution in [0.2, 0.25) is 0 Å². The molecule has 3 aromatic rings. The van der Waals surface area contributed by atoms with E-state index in [9.17, 15) is 4.79 Å². The zero-order valence-electron chi connectivity index (χ0n) is 10.7. The predicted molar refractivity (Wildman–Crippen MR) is 76.7 cm³/mol. The van der Waals surface area contributed by atoms with Gasteiger partial charge in [-0.3, -0.25) is 15.1 Å². The van der Waals surface area contributed by atoms with Gasteiger partial charge in [0.25, 0.3) is 5.91 Å². The van der Waals surface area contributed by atoms with Crippen molar-refractivity contribution in [1.29, 1.82) is 0 Å². The Bertz CT molecular complexity index is 734. The molecule has 0 aromatic carbocycles. The largest absolute Gasteiger partial charge is 0.469 e. The van der Waals surface area contributed by atoms with E-state index in [0.717, 1.165) is 11.4 Å². The molecule has 3 heterocycles. The maximum atomic E-state index is 12.0. The summed E-state index contributed by atoms with van der Waals surface area (Å²) in [6.45, 7) is 1.75. The van der Waals surface area contributed by atoms with Crippen LogP contribution in [0.5, 0.6) is 0 Å². The van der Waals surface area contributed by atoms with Crippen LogP contribution in [0.3, 0.4) is 0 Å². The zero-order chi connectivity index (χ0) is 13.9. The number of carbonyl (C=O) groups is 1. The number of anilines is 1. The highest BCUT2D eigenvalue weighted by Crippen LogP contribution is 2.23. The lowest BCUT2D eigenvalue weighted by Crippen LogP contribution is -2.11. The van der Waals surface area contributed by atoms with Crippen LogP contribution < -0.4 is 5.32 Å². The number of hydrogen-bond acceptors (Lipinski definition) is 5. The molecule has 6 heteroatoms. The molecule has 0 fully saturated rings. The van der Waals surface area contributed by atoms with Crippen LogP contribution in [0, 0.1) is 6.92 Å². The molecule has 0 unspecified atom stereocenters. The quantitative estimate of drug-likeness (QED) is 0.801. The van der Waals surface area contributed by atoms with Crippen molar-refractivity contribution < 1.29 is 9.21 Å². The number of aromatic nitrogens is 2. The third-order valence-corrected chi connectivity index (χ3v) is 3.51. The molecule has 3 rings (SSSR count). The predicted octanol–water partition coefficient (Wildman–Crippen LogP) is 3.36. The average molecular weight is 285 g/mol. The second-order valence-electron chi connectivity index (χ2n) is 4.10. The lowest BCUT2D eigenvalue weighted by Gasteiger charge is -1.99. The van der Waals surface area contributed by atoms with Gasteiger partial charge in [-0.2, -0.15) is 0 Å². The average Bonchev–Trinajstić information content (AvgIpc) is 3.09. The number of aryl methyl sites for hydroxylation is 1. The van der Waals surface area contributed by atoms with E-state index in [1.807, 2.05) is 23.6 Å². The van der Waals surface area contributed by atoms with Crippen LogP contribution in [-0.4, -0.2) is 15.9 Å². The second kappa shape index (κ2) is 5.26. The molecule has 100 valence electrons. The Morgan fingerprint density at radius 1 is 1.30 bits per heavy atom. The van der Waals surface area contributed by atoms with E-state index >= 15 is 0 Å². The summed E-state index contributed by atoms with van der Waals surface area (Å²) in [6.07, 6.45) is 3.20. The Morgan fingerprint density at radius 2 is 2.20 bits per heavy atom. The smallest absolute Gasteiger partial charge is 0.260 e. The molecule has 3 aromatic heterocycles. The molecule has 0 radical (unpaired) electrons. The standard InChI is InChI=1S/C14H11N3O2S/c1-9-10(5-7-19-9)13(18)17-14-16-12(8-20-14)11-4-2-3-6-15-11/h2-8H,1H3,(H,16,17,18). The van der Waals surface area contributed by atoms with Gasteiger partial charge in [-0.15, -0.1) is 11.3 Å². The van der Waals surface area contributed by atoms with Crippen LogP contribution in [0.25, 0.3) is 11.4 Å². The Kier molecular flexibility index (Phi) is 3.30. The van der Waals surface area contributed by atoms with Gasteiger partial charge in [0.1, 0.15) is 11.5 Å². The Labute approximate surface area is 119 Å². The number of nitrogens with zero attached hydrogens (tertiary/aromatic N) is 2. The number of carbonyl (C=O) groups excluding carboxylic acids is 1. The molecule has 0 bridgehead atoms. The summed E-state index contributed by atoms with van der Waals surface area (Å²) in [5.74, 6) is 0.363. The molecule has 0 aliphatic carbocycles. The van der Waals surface area contributed by atoms with Crippen molar-refractivity contribution in [1.82, 2.24) is 9.97 Å². The van der Waals surface area contributed by atoms with Crippen LogP contribution in [-0.2, 0) is 0 Å². The van der Waals surface area contributed by atoms with Gasteiger partial charge >= 0.3 is 0 Å². The lowest BCUT2D eigenvalue weighted by atomic mass is 10.2. The molecule has 20 heavy (non-hydrogen) atoms. The van der Waals surface area contributed by atoms with E-state index in [1.54, 1.807) is 19.2 Å². The summed E-state index contributed by atoms with van der Waals surface area (Å²) in [5.41, 5.74) is 2.04. The van der Waals surface area contributed by atoms with E-state index in [0.29, 0.717) is 16.5 Å². The molecule has 0 spiro atoms. The first-order valence-corrected chi connectivity index (χ1v) is 6.84. The molecule has 1 amide bonds. The summed E-state index contributed by atoms with van der Waals surface area (Å²) in [4.78, 5) is 20.6. The third kappa shape index (κ3) is 2.46. The fourth-order valence-electron chi connectivity index (χ4n) is 1.75. The lowest BCUT2D eigenvalue weighted by molar-refractivity contribution is 0.102. The van der Waals surface area contributed by atoms with Crippen molar-refractivity contribution in [2.24, 2.45) is 0 Å². The third-order valence-electron chi connectivity index (χ3n) is 2.76. The molecule has 0 atom stereocenters. The van der Waals surface area contributed by atoms with E-state index in [-0.39, 0.29) is 5.91 Å². The molecule has 1 N–H and O–H groups in total. The maximum absolute atomic E-state index is 12.0. The first-order valence-electron chi connectivity index (χ1n) is 5.96. The van der Waals surface area contributed by atoms with Crippen LogP contribution in [0.15, 0.2) is 46.5 Å². The summed E-state index contributed by atoms with van der Waals surface area (Å²) in [6, 6.07) is 7.26. The summed E-state index contributed by atoms with van der Waals surface area (Å²) < 4.78 is 5.11. The van der Waals surface area contributed by atoms with Gasteiger partial charge in [0.05, 0.1) is 17.5 Å². The molecule has 5 nitrogen and oxygen atoms in total. The van der Waals surface area contributed by atoms with Crippen LogP contribution in [0.1, 0.15) is 16.1 Å². The molecule has 0 saturated heterocycles. The van der Waals surface area contributed by atoms with Crippen molar-refractivity contribution in [2.45, 2.75) is 6.92 Å². The highest BCUT2D eigenvalue weighted by molar-refractivity contribution is 7.14. The zero-order valence-corrected chi connectivity index (χ0v) is 11.5. The molecular formula is C14H11N3O2S. The van der Waals surface area contributed by atoms with Crippen molar-refractivity contribution in [3.63, 3.8) is 0 Å². The molecule has 0 aliphatic heterocycles. The number of amides is 1. The Morgan fingerprint density at radius 3 is 2.90 bits per heavy atom.